The van der Waals surface area contributed by atoms with Gasteiger partial charge in [0, 0.05) is 36.5 Å². The van der Waals surface area contributed by atoms with Gasteiger partial charge in [0.1, 0.15) is 5.82 Å². The van der Waals surface area contributed by atoms with E-state index in [1.165, 1.54) is 30.5 Å². The van der Waals surface area contributed by atoms with Gasteiger partial charge >= 0.3 is 0 Å². The number of nitrogens with zero attached hydrogens (tertiary/aromatic N) is 2. The Morgan fingerprint density at radius 1 is 1.39 bits per heavy atom. The maximum absolute atomic E-state index is 4.74. The number of aromatic nitrogens is 2. The summed E-state index contributed by atoms with van der Waals surface area (Å²) >= 11 is 0. The lowest BCUT2D eigenvalue weighted by Gasteiger charge is -2.24. The van der Waals surface area contributed by atoms with E-state index in [4.69, 9.17) is 4.98 Å². The zero-order chi connectivity index (χ0) is 13.0. The Bertz CT molecular complexity index is 383. The van der Waals surface area contributed by atoms with Gasteiger partial charge in [0.25, 0.3) is 0 Å². The van der Waals surface area contributed by atoms with Crippen LogP contribution in [0.1, 0.15) is 57.1 Å². The molecule has 3 heteroatoms. The van der Waals surface area contributed by atoms with Crippen LogP contribution in [0, 0.1) is 5.92 Å². The predicted molar refractivity (Wildman–Crippen MR) is 74.4 cm³/mol. The highest BCUT2D eigenvalue weighted by atomic mass is 14.9. The van der Waals surface area contributed by atoms with Crippen molar-refractivity contribution in [2.45, 2.75) is 65.5 Å². The lowest BCUT2D eigenvalue weighted by molar-refractivity contribution is 0.309. The molecule has 0 unspecified atom stereocenters. The maximum atomic E-state index is 4.74. The van der Waals surface area contributed by atoms with E-state index < -0.39 is 0 Å². The summed E-state index contributed by atoms with van der Waals surface area (Å²) in [6, 6.07) is 0.504. The molecule has 0 aliphatic heterocycles. The van der Waals surface area contributed by atoms with E-state index in [2.05, 4.69) is 31.1 Å². The Balaban J connectivity index is 2.02. The van der Waals surface area contributed by atoms with Gasteiger partial charge in [-0.3, -0.25) is 0 Å². The molecular formula is C15H25N3. The molecule has 3 nitrogen and oxygen atoms in total. The van der Waals surface area contributed by atoms with Crippen molar-refractivity contribution in [3.63, 3.8) is 0 Å². The van der Waals surface area contributed by atoms with E-state index in [9.17, 15) is 0 Å². The predicted octanol–water partition coefficient (Wildman–Crippen LogP) is 2.88. The highest BCUT2D eigenvalue weighted by Crippen LogP contribution is 2.28. The number of aryl methyl sites for hydroxylation is 1. The SMILES string of the molecule is CCc1nc(CC2CCC2)ncc1CNC(C)C. The number of hydrogen-bond acceptors (Lipinski definition) is 3. The van der Waals surface area contributed by atoms with Crippen molar-refractivity contribution in [1.29, 1.82) is 0 Å². The minimum atomic E-state index is 0.504. The van der Waals surface area contributed by atoms with E-state index in [0.717, 1.165) is 31.1 Å². The lowest BCUT2D eigenvalue weighted by atomic mass is 9.83. The van der Waals surface area contributed by atoms with Gasteiger partial charge in [-0.2, -0.15) is 0 Å². The van der Waals surface area contributed by atoms with Crippen LogP contribution in [-0.2, 0) is 19.4 Å². The molecule has 0 bridgehead atoms. The smallest absolute Gasteiger partial charge is 0.128 e. The van der Waals surface area contributed by atoms with Crippen molar-refractivity contribution in [3.05, 3.63) is 23.3 Å². The van der Waals surface area contributed by atoms with Crippen molar-refractivity contribution in [1.82, 2.24) is 15.3 Å². The summed E-state index contributed by atoms with van der Waals surface area (Å²) in [6.45, 7) is 7.38. The number of hydrogen-bond donors (Lipinski definition) is 1. The van der Waals surface area contributed by atoms with Crippen LogP contribution in [0.3, 0.4) is 0 Å². The Morgan fingerprint density at radius 2 is 2.17 bits per heavy atom. The first-order chi connectivity index (χ1) is 8.69. The van der Waals surface area contributed by atoms with Crippen molar-refractivity contribution < 1.29 is 0 Å². The molecular weight excluding hydrogens is 222 g/mol. The summed E-state index contributed by atoms with van der Waals surface area (Å²) in [5.74, 6) is 1.89. The van der Waals surface area contributed by atoms with Crippen LogP contribution in [-0.4, -0.2) is 16.0 Å². The standard InChI is InChI=1S/C15H25N3/c1-4-14-13(9-16-11(2)3)10-17-15(18-14)8-12-6-5-7-12/h10-12,16H,4-9H2,1-3H3. The molecule has 1 aliphatic rings. The van der Waals surface area contributed by atoms with Gasteiger partial charge in [-0.25, -0.2) is 9.97 Å². The third-order valence-corrected chi connectivity index (χ3v) is 3.74. The number of rotatable bonds is 6. The summed E-state index contributed by atoms with van der Waals surface area (Å²) in [7, 11) is 0. The Hall–Kier alpha value is -0.960. The average molecular weight is 247 g/mol. The van der Waals surface area contributed by atoms with E-state index in [0.29, 0.717) is 6.04 Å². The quantitative estimate of drug-likeness (QED) is 0.840. The molecule has 0 saturated heterocycles. The molecule has 1 N–H and O–H groups in total. The van der Waals surface area contributed by atoms with E-state index >= 15 is 0 Å². The van der Waals surface area contributed by atoms with Crippen molar-refractivity contribution in [2.24, 2.45) is 5.92 Å². The van der Waals surface area contributed by atoms with E-state index in [1.54, 1.807) is 0 Å². The molecule has 100 valence electrons. The molecule has 18 heavy (non-hydrogen) atoms. The molecule has 0 atom stereocenters. The molecule has 0 spiro atoms. The summed E-state index contributed by atoms with van der Waals surface area (Å²) in [5.41, 5.74) is 2.47. The van der Waals surface area contributed by atoms with Crippen molar-refractivity contribution in [2.75, 3.05) is 0 Å². The summed E-state index contributed by atoms with van der Waals surface area (Å²) < 4.78 is 0. The molecule has 2 rings (SSSR count). The van der Waals surface area contributed by atoms with Crippen LogP contribution in [0.4, 0.5) is 0 Å². The molecule has 1 heterocycles. The molecule has 1 aliphatic carbocycles. The third kappa shape index (κ3) is 3.52. The largest absolute Gasteiger partial charge is 0.310 e. The molecule has 1 aromatic heterocycles. The zero-order valence-electron chi connectivity index (χ0n) is 11.9. The highest BCUT2D eigenvalue weighted by Gasteiger charge is 2.19. The minimum absolute atomic E-state index is 0.504. The monoisotopic (exact) mass is 247 g/mol. The Labute approximate surface area is 110 Å². The van der Waals surface area contributed by atoms with Gasteiger partial charge in [-0.15, -0.1) is 0 Å². The van der Waals surface area contributed by atoms with Crippen molar-refractivity contribution >= 4 is 0 Å². The zero-order valence-corrected chi connectivity index (χ0v) is 11.9. The van der Waals surface area contributed by atoms with Crippen LogP contribution >= 0.6 is 0 Å². The first-order valence-corrected chi connectivity index (χ1v) is 7.26. The van der Waals surface area contributed by atoms with Gasteiger partial charge in [0.2, 0.25) is 0 Å². The Morgan fingerprint density at radius 3 is 2.72 bits per heavy atom. The van der Waals surface area contributed by atoms with Gasteiger partial charge in [-0.1, -0.05) is 40.0 Å². The van der Waals surface area contributed by atoms with Gasteiger partial charge < -0.3 is 5.32 Å². The van der Waals surface area contributed by atoms with E-state index in [-0.39, 0.29) is 0 Å². The highest BCUT2D eigenvalue weighted by molar-refractivity contribution is 5.18. The normalized spacial score (nSPS) is 16.0. The van der Waals surface area contributed by atoms with Crippen molar-refractivity contribution in [3.8, 4) is 0 Å². The van der Waals surface area contributed by atoms with Crippen LogP contribution in [0.15, 0.2) is 6.20 Å². The van der Waals surface area contributed by atoms with Gasteiger partial charge in [-0.05, 0) is 12.3 Å². The maximum Gasteiger partial charge on any atom is 0.128 e. The average Bonchev–Trinajstić information content (AvgIpc) is 2.31. The number of nitrogens with one attached hydrogen (secondary N) is 1. The minimum Gasteiger partial charge on any atom is -0.310 e. The molecule has 1 fully saturated rings. The van der Waals surface area contributed by atoms with Crippen LogP contribution < -0.4 is 5.32 Å². The summed E-state index contributed by atoms with van der Waals surface area (Å²) in [5, 5.41) is 3.44. The molecule has 1 aromatic rings. The van der Waals surface area contributed by atoms with Gasteiger partial charge in [0.15, 0.2) is 0 Å². The Kier molecular flexibility index (Phi) is 4.70. The second-order valence-corrected chi connectivity index (χ2v) is 5.65. The fourth-order valence-corrected chi connectivity index (χ4v) is 2.30. The third-order valence-electron chi connectivity index (χ3n) is 3.74. The lowest BCUT2D eigenvalue weighted by Crippen LogP contribution is -2.23. The topological polar surface area (TPSA) is 37.8 Å². The second kappa shape index (κ2) is 6.28. The fourth-order valence-electron chi connectivity index (χ4n) is 2.30. The summed E-state index contributed by atoms with van der Waals surface area (Å²) in [6.07, 6.45) is 8.21. The summed E-state index contributed by atoms with van der Waals surface area (Å²) in [4.78, 5) is 9.28. The second-order valence-electron chi connectivity index (χ2n) is 5.65. The first-order valence-electron chi connectivity index (χ1n) is 7.26. The van der Waals surface area contributed by atoms with Crippen LogP contribution in [0.5, 0.6) is 0 Å². The molecule has 0 amide bonds. The first kappa shape index (κ1) is 13.5. The van der Waals surface area contributed by atoms with Crippen LogP contribution in [0.25, 0.3) is 0 Å². The van der Waals surface area contributed by atoms with Crippen LogP contribution in [0.2, 0.25) is 0 Å². The molecule has 0 aromatic carbocycles. The fraction of sp³-hybridized carbons (Fsp3) is 0.733. The molecule has 0 radical (unpaired) electrons. The molecule has 1 saturated carbocycles. The van der Waals surface area contributed by atoms with E-state index in [1.807, 2.05) is 6.20 Å². The van der Waals surface area contributed by atoms with Gasteiger partial charge in [0.05, 0.1) is 0 Å².